The standard InChI is InChI=1S/C24H29N3O2/c1-17-4-3-5-22(18(17)2)27-14-12-26(13-15-27)11-10-23(28)20-6-8-21-19(16-20)7-9-24(29)25-21/h3-6,8,16H,7,9-15H2,1-2H3,(H,25,29). The molecule has 2 heterocycles. The van der Waals surface area contributed by atoms with Gasteiger partial charge in [0, 0.05) is 62.5 Å². The Morgan fingerprint density at radius 2 is 1.83 bits per heavy atom. The lowest BCUT2D eigenvalue weighted by molar-refractivity contribution is -0.116. The highest BCUT2D eigenvalue weighted by molar-refractivity contribution is 5.99. The fourth-order valence-electron chi connectivity index (χ4n) is 4.25. The number of aryl methyl sites for hydroxylation is 2. The van der Waals surface area contributed by atoms with Crippen molar-refractivity contribution in [2.45, 2.75) is 33.1 Å². The minimum atomic E-state index is 0.0524. The van der Waals surface area contributed by atoms with Crippen LogP contribution in [0.4, 0.5) is 11.4 Å². The molecule has 0 spiro atoms. The molecule has 1 amide bonds. The minimum Gasteiger partial charge on any atom is -0.369 e. The van der Waals surface area contributed by atoms with Crippen LogP contribution < -0.4 is 10.2 Å². The third-order valence-electron chi connectivity index (χ3n) is 6.27. The van der Waals surface area contributed by atoms with Gasteiger partial charge >= 0.3 is 0 Å². The molecule has 4 rings (SSSR count). The molecule has 0 radical (unpaired) electrons. The highest BCUT2D eigenvalue weighted by atomic mass is 16.1. The summed E-state index contributed by atoms with van der Waals surface area (Å²) < 4.78 is 0. The first-order valence-electron chi connectivity index (χ1n) is 10.5. The number of ketones is 1. The van der Waals surface area contributed by atoms with Gasteiger partial charge in [-0.25, -0.2) is 0 Å². The largest absolute Gasteiger partial charge is 0.369 e. The fourth-order valence-corrected chi connectivity index (χ4v) is 4.25. The Hall–Kier alpha value is -2.66. The number of nitrogens with zero attached hydrogens (tertiary/aromatic N) is 2. The second kappa shape index (κ2) is 8.37. The number of piperazine rings is 1. The van der Waals surface area contributed by atoms with Crippen molar-refractivity contribution in [1.29, 1.82) is 0 Å². The van der Waals surface area contributed by atoms with E-state index in [1.807, 2.05) is 18.2 Å². The Bertz CT molecular complexity index is 930. The first-order valence-corrected chi connectivity index (χ1v) is 10.5. The van der Waals surface area contributed by atoms with Gasteiger partial charge in [-0.3, -0.25) is 14.5 Å². The maximum absolute atomic E-state index is 12.7. The van der Waals surface area contributed by atoms with Crippen LogP contribution in [0.2, 0.25) is 0 Å². The predicted molar refractivity (Wildman–Crippen MR) is 117 cm³/mol. The van der Waals surface area contributed by atoms with Crippen molar-refractivity contribution in [2.75, 3.05) is 42.9 Å². The second-order valence-electron chi connectivity index (χ2n) is 8.14. The monoisotopic (exact) mass is 391 g/mol. The third-order valence-corrected chi connectivity index (χ3v) is 6.27. The fraction of sp³-hybridized carbons (Fsp3) is 0.417. The average molecular weight is 392 g/mol. The maximum Gasteiger partial charge on any atom is 0.224 e. The van der Waals surface area contributed by atoms with Gasteiger partial charge in [0.05, 0.1) is 0 Å². The Balaban J connectivity index is 1.30. The zero-order valence-corrected chi connectivity index (χ0v) is 17.3. The molecule has 5 heteroatoms. The van der Waals surface area contributed by atoms with Crippen molar-refractivity contribution >= 4 is 23.1 Å². The number of Topliss-reactive ketones (excluding diaryl/α,β-unsaturated/α-hetero) is 1. The van der Waals surface area contributed by atoms with Crippen LogP contribution in [0.1, 0.15) is 39.9 Å². The summed E-state index contributed by atoms with van der Waals surface area (Å²) in [7, 11) is 0. The zero-order chi connectivity index (χ0) is 20.4. The van der Waals surface area contributed by atoms with Crippen molar-refractivity contribution < 1.29 is 9.59 Å². The Labute approximate surface area is 172 Å². The van der Waals surface area contributed by atoms with Crippen LogP contribution in [-0.4, -0.2) is 49.3 Å². The molecule has 2 aromatic carbocycles. The topological polar surface area (TPSA) is 52.7 Å². The van der Waals surface area contributed by atoms with Gasteiger partial charge in [0.25, 0.3) is 0 Å². The van der Waals surface area contributed by atoms with Crippen LogP contribution in [0.25, 0.3) is 0 Å². The van der Waals surface area contributed by atoms with E-state index in [1.54, 1.807) is 0 Å². The second-order valence-corrected chi connectivity index (χ2v) is 8.14. The Morgan fingerprint density at radius 3 is 2.62 bits per heavy atom. The van der Waals surface area contributed by atoms with E-state index in [0.29, 0.717) is 19.3 Å². The predicted octanol–water partition coefficient (Wildman–Crippen LogP) is 3.58. The number of hydrogen-bond donors (Lipinski definition) is 1. The SMILES string of the molecule is Cc1cccc(N2CCN(CCC(=O)c3ccc4c(c3)CCC(=O)N4)CC2)c1C. The molecule has 1 N–H and O–H groups in total. The summed E-state index contributed by atoms with van der Waals surface area (Å²) >= 11 is 0. The molecule has 2 aliphatic heterocycles. The highest BCUT2D eigenvalue weighted by Crippen LogP contribution is 2.25. The van der Waals surface area contributed by atoms with Crippen molar-refractivity contribution in [3.05, 3.63) is 58.7 Å². The van der Waals surface area contributed by atoms with Gasteiger partial charge in [0.1, 0.15) is 0 Å². The lowest BCUT2D eigenvalue weighted by Gasteiger charge is -2.37. The van der Waals surface area contributed by atoms with Crippen LogP contribution in [-0.2, 0) is 11.2 Å². The smallest absolute Gasteiger partial charge is 0.224 e. The number of benzene rings is 2. The van der Waals surface area contributed by atoms with Gasteiger partial charge in [-0.05, 0) is 61.2 Å². The average Bonchev–Trinajstić information content (AvgIpc) is 2.74. The van der Waals surface area contributed by atoms with Crippen LogP contribution in [0.15, 0.2) is 36.4 Å². The van der Waals surface area contributed by atoms with Crippen LogP contribution in [0, 0.1) is 13.8 Å². The summed E-state index contributed by atoms with van der Waals surface area (Å²) in [4.78, 5) is 29.0. The number of rotatable bonds is 5. The van der Waals surface area contributed by atoms with Gasteiger partial charge in [-0.2, -0.15) is 0 Å². The molecule has 0 saturated carbocycles. The molecular formula is C24H29N3O2. The summed E-state index contributed by atoms with van der Waals surface area (Å²) in [5.41, 5.74) is 6.70. The van der Waals surface area contributed by atoms with E-state index >= 15 is 0 Å². The van der Waals surface area contributed by atoms with Crippen LogP contribution in [0.3, 0.4) is 0 Å². The molecule has 1 saturated heterocycles. The maximum atomic E-state index is 12.7. The molecule has 0 bridgehead atoms. The molecule has 29 heavy (non-hydrogen) atoms. The molecular weight excluding hydrogens is 362 g/mol. The molecule has 152 valence electrons. The molecule has 0 aromatic heterocycles. The first-order chi connectivity index (χ1) is 14.0. The van der Waals surface area contributed by atoms with Gasteiger partial charge in [0.2, 0.25) is 5.91 Å². The van der Waals surface area contributed by atoms with Gasteiger partial charge in [-0.15, -0.1) is 0 Å². The highest BCUT2D eigenvalue weighted by Gasteiger charge is 2.20. The van der Waals surface area contributed by atoms with Crippen LogP contribution in [0.5, 0.6) is 0 Å². The Kier molecular flexibility index (Phi) is 5.67. The van der Waals surface area contributed by atoms with Gasteiger partial charge in [0.15, 0.2) is 5.78 Å². The van der Waals surface area contributed by atoms with E-state index in [2.05, 4.69) is 47.2 Å². The number of amides is 1. The number of carbonyl (C=O) groups is 2. The molecule has 2 aromatic rings. The quantitative estimate of drug-likeness (QED) is 0.792. The number of carbonyl (C=O) groups excluding carboxylic acids is 2. The molecule has 0 aliphatic carbocycles. The normalized spacial score (nSPS) is 17.0. The summed E-state index contributed by atoms with van der Waals surface area (Å²) in [6.07, 6.45) is 1.74. The Morgan fingerprint density at radius 1 is 1.03 bits per heavy atom. The van der Waals surface area contributed by atoms with E-state index in [1.165, 1.54) is 16.8 Å². The summed E-state index contributed by atoms with van der Waals surface area (Å²) in [5.74, 6) is 0.234. The molecule has 2 aliphatic rings. The summed E-state index contributed by atoms with van der Waals surface area (Å²) in [6.45, 7) is 9.12. The number of nitrogens with one attached hydrogen (secondary N) is 1. The van der Waals surface area contributed by atoms with Gasteiger partial charge < -0.3 is 10.2 Å². The molecule has 5 nitrogen and oxygen atoms in total. The van der Waals surface area contributed by atoms with Crippen LogP contribution >= 0.6 is 0 Å². The lowest BCUT2D eigenvalue weighted by atomic mass is 9.98. The number of fused-ring (bicyclic) bond motifs is 1. The summed E-state index contributed by atoms with van der Waals surface area (Å²) in [5, 5.41) is 2.87. The minimum absolute atomic E-state index is 0.0524. The molecule has 0 atom stereocenters. The lowest BCUT2D eigenvalue weighted by Crippen LogP contribution is -2.47. The van der Waals surface area contributed by atoms with E-state index < -0.39 is 0 Å². The molecule has 0 unspecified atom stereocenters. The number of anilines is 2. The van der Waals surface area contributed by atoms with Crippen molar-refractivity contribution in [3.8, 4) is 0 Å². The van der Waals surface area contributed by atoms with Crippen molar-refractivity contribution in [1.82, 2.24) is 4.90 Å². The van der Waals surface area contributed by atoms with E-state index in [-0.39, 0.29) is 11.7 Å². The number of hydrogen-bond acceptors (Lipinski definition) is 4. The van der Waals surface area contributed by atoms with E-state index in [4.69, 9.17) is 0 Å². The summed E-state index contributed by atoms with van der Waals surface area (Å²) in [6, 6.07) is 12.2. The third kappa shape index (κ3) is 4.35. The molecule has 1 fully saturated rings. The van der Waals surface area contributed by atoms with Crippen molar-refractivity contribution in [3.63, 3.8) is 0 Å². The van der Waals surface area contributed by atoms with E-state index in [9.17, 15) is 9.59 Å². The van der Waals surface area contributed by atoms with Gasteiger partial charge in [-0.1, -0.05) is 12.1 Å². The van der Waals surface area contributed by atoms with Crippen molar-refractivity contribution in [2.24, 2.45) is 0 Å². The van der Waals surface area contributed by atoms with E-state index in [0.717, 1.165) is 49.5 Å². The zero-order valence-electron chi connectivity index (χ0n) is 17.3. The first kappa shape index (κ1) is 19.6.